The Bertz CT molecular complexity index is 877. The van der Waals surface area contributed by atoms with Gasteiger partial charge in [-0.25, -0.2) is 9.97 Å². The summed E-state index contributed by atoms with van der Waals surface area (Å²) in [5.41, 5.74) is 4.39. The highest BCUT2D eigenvalue weighted by Crippen LogP contribution is 2.25. The van der Waals surface area contributed by atoms with Crippen LogP contribution in [0.2, 0.25) is 0 Å². The van der Waals surface area contributed by atoms with Gasteiger partial charge < -0.3 is 10.1 Å². The van der Waals surface area contributed by atoms with E-state index in [0.717, 1.165) is 34.2 Å². The number of aromatic nitrogens is 2. The Balaban J connectivity index is 1.87. The van der Waals surface area contributed by atoms with Gasteiger partial charge in [0.15, 0.2) is 0 Å². The summed E-state index contributed by atoms with van der Waals surface area (Å²) in [5, 5.41) is 3.47. The molecule has 1 unspecified atom stereocenters. The summed E-state index contributed by atoms with van der Waals surface area (Å²) in [5.74, 6) is 2.42. The molecule has 0 radical (unpaired) electrons. The third kappa shape index (κ3) is 4.15. The fourth-order valence-electron chi connectivity index (χ4n) is 2.81. The molecule has 1 aromatic heterocycles. The number of hydrogen-bond donors (Lipinski definition) is 1. The van der Waals surface area contributed by atoms with Gasteiger partial charge in [-0.05, 0) is 44.5 Å². The van der Waals surface area contributed by atoms with Crippen molar-refractivity contribution < 1.29 is 4.74 Å². The second-order valence-corrected chi connectivity index (χ2v) is 6.20. The molecule has 0 aliphatic carbocycles. The van der Waals surface area contributed by atoms with Crippen molar-refractivity contribution >= 4 is 5.82 Å². The van der Waals surface area contributed by atoms with Crippen LogP contribution >= 0.6 is 0 Å². The van der Waals surface area contributed by atoms with Crippen molar-refractivity contribution in [1.29, 1.82) is 0 Å². The molecule has 0 spiro atoms. The van der Waals surface area contributed by atoms with E-state index >= 15 is 0 Å². The summed E-state index contributed by atoms with van der Waals surface area (Å²) in [7, 11) is 1.68. The molecule has 1 N–H and O–H groups in total. The molecule has 0 saturated carbocycles. The molecule has 2 aromatic carbocycles. The molecule has 4 heteroatoms. The minimum atomic E-state index is 0.106. The highest BCUT2D eigenvalue weighted by Gasteiger charge is 2.10. The summed E-state index contributed by atoms with van der Waals surface area (Å²) >= 11 is 0. The van der Waals surface area contributed by atoms with Crippen molar-refractivity contribution in [1.82, 2.24) is 9.97 Å². The number of nitrogens with zero attached hydrogens (tertiary/aromatic N) is 2. The molecule has 1 heterocycles. The zero-order valence-electron chi connectivity index (χ0n) is 15.1. The fraction of sp³-hybridized carbons (Fsp3) is 0.238. The lowest BCUT2D eigenvalue weighted by molar-refractivity contribution is 0.414. The lowest BCUT2D eigenvalue weighted by Gasteiger charge is -2.17. The molecule has 3 rings (SSSR count). The summed E-state index contributed by atoms with van der Waals surface area (Å²) in [6.45, 7) is 6.11. The van der Waals surface area contributed by atoms with Gasteiger partial charge in [-0.15, -0.1) is 0 Å². The maximum atomic E-state index is 5.31. The number of aryl methyl sites for hydroxylation is 2. The number of nitrogens with one attached hydrogen (secondary N) is 1. The van der Waals surface area contributed by atoms with Gasteiger partial charge >= 0.3 is 0 Å². The van der Waals surface area contributed by atoms with Gasteiger partial charge in [-0.2, -0.15) is 0 Å². The van der Waals surface area contributed by atoms with Gasteiger partial charge in [0.2, 0.25) is 0 Å². The smallest absolute Gasteiger partial charge is 0.130 e. The molecule has 0 aliphatic rings. The lowest BCUT2D eigenvalue weighted by Crippen LogP contribution is -2.09. The topological polar surface area (TPSA) is 47.0 Å². The van der Waals surface area contributed by atoms with Gasteiger partial charge in [0.1, 0.15) is 17.4 Å². The van der Waals surface area contributed by atoms with Gasteiger partial charge in [-0.3, -0.25) is 0 Å². The average Bonchev–Trinajstić information content (AvgIpc) is 2.61. The minimum absolute atomic E-state index is 0.106. The zero-order chi connectivity index (χ0) is 17.8. The van der Waals surface area contributed by atoms with Gasteiger partial charge in [0.05, 0.1) is 18.8 Å². The third-order valence-corrected chi connectivity index (χ3v) is 4.11. The zero-order valence-corrected chi connectivity index (χ0v) is 15.1. The minimum Gasteiger partial charge on any atom is -0.497 e. The second-order valence-electron chi connectivity index (χ2n) is 6.20. The van der Waals surface area contributed by atoms with Crippen LogP contribution in [0.3, 0.4) is 0 Å². The lowest BCUT2D eigenvalue weighted by atomic mass is 10.1. The normalized spacial score (nSPS) is 11.8. The van der Waals surface area contributed by atoms with E-state index in [-0.39, 0.29) is 6.04 Å². The molecule has 0 fully saturated rings. The Labute approximate surface area is 148 Å². The number of benzene rings is 2. The Morgan fingerprint density at radius 1 is 0.960 bits per heavy atom. The van der Waals surface area contributed by atoms with Crippen LogP contribution in [0.1, 0.15) is 29.9 Å². The van der Waals surface area contributed by atoms with E-state index in [9.17, 15) is 0 Å². The van der Waals surface area contributed by atoms with Crippen LogP contribution < -0.4 is 10.1 Å². The molecule has 0 bridgehead atoms. The molecule has 25 heavy (non-hydrogen) atoms. The maximum absolute atomic E-state index is 5.31. The van der Waals surface area contributed by atoms with E-state index in [4.69, 9.17) is 4.74 Å². The Morgan fingerprint density at radius 2 is 1.76 bits per heavy atom. The number of ether oxygens (including phenoxy) is 1. The first-order chi connectivity index (χ1) is 12.0. The highest BCUT2D eigenvalue weighted by atomic mass is 16.5. The number of rotatable bonds is 5. The van der Waals surface area contributed by atoms with Crippen LogP contribution in [0.5, 0.6) is 5.75 Å². The maximum Gasteiger partial charge on any atom is 0.130 e. The molecule has 0 aliphatic heterocycles. The third-order valence-electron chi connectivity index (χ3n) is 4.11. The van der Waals surface area contributed by atoms with Crippen molar-refractivity contribution in [3.8, 4) is 17.0 Å². The van der Waals surface area contributed by atoms with E-state index < -0.39 is 0 Å². The molecule has 1 atom stereocenters. The van der Waals surface area contributed by atoms with Gasteiger partial charge in [-0.1, -0.05) is 35.9 Å². The van der Waals surface area contributed by atoms with E-state index in [1.165, 1.54) is 5.56 Å². The summed E-state index contributed by atoms with van der Waals surface area (Å²) in [4.78, 5) is 9.12. The van der Waals surface area contributed by atoms with Crippen LogP contribution in [-0.2, 0) is 0 Å². The summed E-state index contributed by atoms with van der Waals surface area (Å²) in [6, 6.07) is 18.5. The number of hydrogen-bond acceptors (Lipinski definition) is 4. The highest BCUT2D eigenvalue weighted by molar-refractivity contribution is 5.63. The number of anilines is 1. The predicted molar refractivity (Wildman–Crippen MR) is 102 cm³/mol. The molecule has 4 nitrogen and oxygen atoms in total. The molecular weight excluding hydrogens is 310 g/mol. The van der Waals surface area contributed by atoms with E-state index in [1.54, 1.807) is 7.11 Å². The van der Waals surface area contributed by atoms with Crippen LogP contribution in [0, 0.1) is 13.8 Å². The largest absolute Gasteiger partial charge is 0.497 e. The fourth-order valence-corrected chi connectivity index (χ4v) is 2.81. The predicted octanol–water partition coefficient (Wildman–Crippen LogP) is 4.94. The van der Waals surface area contributed by atoms with Crippen molar-refractivity contribution in [3.05, 3.63) is 71.5 Å². The van der Waals surface area contributed by atoms with Gasteiger partial charge in [0, 0.05) is 11.6 Å². The Morgan fingerprint density at radius 3 is 2.52 bits per heavy atom. The standard InChI is InChI=1S/C21H23N3O/c1-14-7-5-9-18(11-14)20-13-21(24-16(3)23-20)22-15(2)17-8-6-10-19(12-17)25-4/h5-13,15H,1-4H3,(H,22,23,24). The van der Waals surface area contributed by atoms with E-state index in [2.05, 4.69) is 53.4 Å². The molecule has 0 saturated heterocycles. The van der Waals surface area contributed by atoms with Gasteiger partial charge in [0.25, 0.3) is 0 Å². The number of methoxy groups -OCH3 is 1. The first kappa shape index (κ1) is 17.0. The van der Waals surface area contributed by atoms with Crippen molar-refractivity contribution in [3.63, 3.8) is 0 Å². The molecule has 0 amide bonds. The van der Waals surface area contributed by atoms with E-state index in [1.807, 2.05) is 37.3 Å². The van der Waals surface area contributed by atoms with Crippen molar-refractivity contribution in [2.75, 3.05) is 12.4 Å². The summed E-state index contributed by atoms with van der Waals surface area (Å²) < 4.78 is 5.31. The van der Waals surface area contributed by atoms with Crippen LogP contribution in [-0.4, -0.2) is 17.1 Å². The first-order valence-corrected chi connectivity index (χ1v) is 8.38. The SMILES string of the molecule is COc1cccc(C(C)Nc2cc(-c3cccc(C)c3)nc(C)n2)c1. The van der Waals surface area contributed by atoms with Crippen molar-refractivity contribution in [2.24, 2.45) is 0 Å². The monoisotopic (exact) mass is 333 g/mol. The van der Waals surface area contributed by atoms with Crippen LogP contribution in [0.4, 0.5) is 5.82 Å². The molecular formula is C21H23N3O. The van der Waals surface area contributed by atoms with Crippen molar-refractivity contribution in [2.45, 2.75) is 26.8 Å². The van der Waals surface area contributed by atoms with E-state index in [0.29, 0.717) is 0 Å². The Hall–Kier alpha value is -2.88. The van der Waals surface area contributed by atoms with Crippen LogP contribution in [0.15, 0.2) is 54.6 Å². The molecule has 3 aromatic rings. The first-order valence-electron chi connectivity index (χ1n) is 8.38. The molecule has 128 valence electrons. The Kier molecular flexibility index (Phi) is 4.98. The second kappa shape index (κ2) is 7.34. The average molecular weight is 333 g/mol. The summed E-state index contributed by atoms with van der Waals surface area (Å²) in [6.07, 6.45) is 0. The quantitative estimate of drug-likeness (QED) is 0.718. The van der Waals surface area contributed by atoms with Crippen LogP contribution in [0.25, 0.3) is 11.3 Å².